The van der Waals surface area contributed by atoms with Gasteiger partial charge in [-0.25, -0.2) is 0 Å². The smallest absolute Gasteiger partial charge is 0.122 e. The van der Waals surface area contributed by atoms with Gasteiger partial charge in [-0.3, -0.25) is 0 Å². The van der Waals surface area contributed by atoms with Gasteiger partial charge in [0.15, 0.2) is 0 Å². The predicted molar refractivity (Wildman–Crippen MR) is 61.4 cm³/mol. The zero-order chi connectivity index (χ0) is 11.6. The first-order valence-electron chi connectivity index (χ1n) is 4.99. The molecule has 0 saturated carbocycles. The number of phenols is 1. The van der Waals surface area contributed by atoms with Crippen molar-refractivity contribution in [1.82, 2.24) is 0 Å². The highest BCUT2D eigenvalue weighted by Gasteiger charge is 2.16. The Balaban J connectivity index is 3.08. The molecule has 0 spiro atoms. The van der Waals surface area contributed by atoms with Gasteiger partial charge in [-0.2, -0.15) is 0 Å². The number of aromatic hydroxyl groups is 1. The molecule has 0 bridgehead atoms. The van der Waals surface area contributed by atoms with E-state index in [1.165, 1.54) is 0 Å². The van der Waals surface area contributed by atoms with Crippen molar-refractivity contribution in [2.45, 2.75) is 32.7 Å². The van der Waals surface area contributed by atoms with E-state index in [-0.39, 0.29) is 11.3 Å². The number of aryl methyl sites for hydroxylation is 1. The van der Waals surface area contributed by atoms with Crippen LogP contribution in [0.2, 0.25) is 0 Å². The number of ether oxygens (including phenoxy) is 1. The Bertz CT molecular complexity index is 353. The lowest BCUT2D eigenvalue weighted by Gasteiger charge is -2.20. The summed E-state index contributed by atoms with van der Waals surface area (Å²) in [5.74, 6) is 1.07. The van der Waals surface area contributed by atoms with E-state index in [1.807, 2.05) is 26.8 Å². The number of rotatable bonds is 3. The molecule has 0 fully saturated rings. The summed E-state index contributed by atoms with van der Waals surface area (Å²) in [6, 6.07) is 3.55. The van der Waals surface area contributed by atoms with Crippen molar-refractivity contribution in [2.24, 2.45) is 5.73 Å². The highest BCUT2D eigenvalue weighted by molar-refractivity contribution is 5.45. The summed E-state index contributed by atoms with van der Waals surface area (Å²) in [6.07, 6.45) is 0.621. The second kappa shape index (κ2) is 4.11. The summed E-state index contributed by atoms with van der Waals surface area (Å²) in [7, 11) is 1.62. The summed E-state index contributed by atoms with van der Waals surface area (Å²) in [6.45, 7) is 5.76. The first-order chi connectivity index (χ1) is 6.83. The number of hydrogen-bond acceptors (Lipinski definition) is 3. The molecule has 0 heterocycles. The molecule has 1 rings (SSSR count). The fourth-order valence-corrected chi connectivity index (χ4v) is 1.57. The molecule has 1 aromatic rings. The van der Waals surface area contributed by atoms with Gasteiger partial charge in [-0.05, 0) is 50.5 Å². The zero-order valence-electron chi connectivity index (χ0n) is 9.79. The maximum absolute atomic E-state index is 9.76. The van der Waals surface area contributed by atoms with Crippen LogP contribution in [-0.4, -0.2) is 17.8 Å². The molecule has 1 aromatic carbocycles. The van der Waals surface area contributed by atoms with Gasteiger partial charge < -0.3 is 15.6 Å². The third-order valence-electron chi connectivity index (χ3n) is 2.24. The molecular formula is C12H19NO2. The largest absolute Gasteiger partial charge is 0.508 e. The van der Waals surface area contributed by atoms with Crippen LogP contribution in [0.5, 0.6) is 11.5 Å². The highest BCUT2D eigenvalue weighted by Crippen LogP contribution is 2.29. The Kier molecular flexibility index (Phi) is 3.25. The third-order valence-corrected chi connectivity index (χ3v) is 2.24. The first kappa shape index (κ1) is 11.9. The number of methoxy groups -OCH3 is 1. The molecule has 0 amide bonds. The van der Waals surface area contributed by atoms with E-state index in [2.05, 4.69) is 0 Å². The molecule has 0 radical (unpaired) electrons. The Morgan fingerprint density at radius 1 is 1.40 bits per heavy atom. The van der Waals surface area contributed by atoms with Crippen LogP contribution in [0.15, 0.2) is 12.1 Å². The fraction of sp³-hybridized carbons (Fsp3) is 0.500. The molecule has 0 atom stereocenters. The Hall–Kier alpha value is -1.22. The van der Waals surface area contributed by atoms with Gasteiger partial charge in [0.1, 0.15) is 11.5 Å². The monoisotopic (exact) mass is 209 g/mol. The molecule has 3 nitrogen and oxygen atoms in total. The average Bonchev–Trinajstić information content (AvgIpc) is 2.07. The molecule has 15 heavy (non-hydrogen) atoms. The van der Waals surface area contributed by atoms with Crippen molar-refractivity contribution in [1.29, 1.82) is 0 Å². The van der Waals surface area contributed by atoms with E-state index >= 15 is 0 Å². The second-order valence-corrected chi connectivity index (χ2v) is 4.62. The quantitative estimate of drug-likeness (QED) is 0.800. The molecule has 0 unspecified atom stereocenters. The van der Waals surface area contributed by atoms with E-state index in [4.69, 9.17) is 10.5 Å². The highest BCUT2D eigenvalue weighted by atomic mass is 16.5. The number of hydrogen-bond donors (Lipinski definition) is 2. The van der Waals surface area contributed by atoms with E-state index in [0.29, 0.717) is 6.42 Å². The zero-order valence-corrected chi connectivity index (χ0v) is 9.79. The Morgan fingerprint density at radius 3 is 2.47 bits per heavy atom. The standard InChI is InChI=1S/C12H19NO2/c1-8-5-10(14)9(6-11(8)15-4)7-12(2,3)13/h5-6,14H,7,13H2,1-4H3. The van der Waals surface area contributed by atoms with E-state index in [0.717, 1.165) is 16.9 Å². The van der Waals surface area contributed by atoms with Crippen molar-refractivity contribution in [3.63, 3.8) is 0 Å². The minimum absolute atomic E-state index is 0.284. The molecule has 3 heteroatoms. The number of phenolic OH excluding ortho intramolecular Hbond substituents is 1. The lowest BCUT2D eigenvalue weighted by Crippen LogP contribution is -2.34. The van der Waals surface area contributed by atoms with Crippen molar-refractivity contribution in [3.05, 3.63) is 23.3 Å². The predicted octanol–water partition coefficient (Wildman–Crippen LogP) is 1.99. The molecule has 0 aliphatic carbocycles. The Morgan fingerprint density at radius 2 is 2.00 bits per heavy atom. The summed E-state index contributed by atoms with van der Waals surface area (Å²) in [5, 5.41) is 9.76. The minimum atomic E-state index is -0.336. The summed E-state index contributed by atoms with van der Waals surface area (Å²) < 4.78 is 5.20. The van der Waals surface area contributed by atoms with Gasteiger partial charge >= 0.3 is 0 Å². The van der Waals surface area contributed by atoms with Crippen LogP contribution in [0.3, 0.4) is 0 Å². The SMILES string of the molecule is COc1cc(CC(C)(C)N)c(O)cc1C. The molecule has 3 N–H and O–H groups in total. The van der Waals surface area contributed by atoms with Crippen LogP contribution in [0, 0.1) is 6.92 Å². The maximum Gasteiger partial charge on any atom is 0.122 e. The van der Waals surface area contributed by atoms with Crippen molar-refractivity contribution < 1.29 is 9.84 Å². The van der Waals surface area contributed by atoms with Crippen molar-refractivity contribution in [2.75, 3.05) is 7.11 Å². The van der Waals surface area contributed by atoms with Gasteiger partial charge in [0.2, 0.25) is 0 Å². The first-order valence-corrected chi connectivity index (χ1v) is 4.99. The minimum Gasteiger partial charge on any atom is -0.508 e. The van der Waals surface area contributed by atoms with Crippen LogP contribution >= 0.6 is 0 Å². The van der Waals surface area contributed by atoms with E-state index in [1.54, 1.807) is 13.2 Å². The van der Waals surface area contributed by atoms with Crippen LogP contribution < -0.4 is 10.5 Å². The number of nitrogens with two attached hydrogens (primary N) is 1. The normalized spacial score (nSPS) is 11.5. The molecule has 0 aromatic heterocycles. The maximum atomic E-state index is 9.76. The van der Waals surface area contributed by atoms with Crippen LogP contribution in [0.1, 0.15) is 25.0 Å². The molecular weight excluding hydrogens is 190 g/mol. The third kappa shape index (κ3) is 3.13. The van der Waals surface area contributed by atoms with E-state index < -0.39 is 0 Å². The van der Waals surface area contributed by atoms with Crippen molar-refractivity contribution >= 4 is 0 Å². The summed E-state index contributed by atoms with van der Waals surface area (Å²) in [5.41, 5.74) is 7.33. The van der Waals surface area contributed by atoms with Gasteiger partial charge in [0, 0.05) is 5.54 Å². The number of benzene rings is 1. The molecule has 84 valence electrons. The van der Waals surface area contributed by atoms with Crippen LogP contribution in [0.4, 0.5) is 0 Å². The fourth-order valence-electron chi connectivity index (χ4n) is 1.57. The molecule has 0 aliphatic rings. The van der Waals surface area contributed by atoms with E-state index in [9.17, 15) is 5.11 Å². The van der Waals surface area contributed by atoms with Gasteiger partial charge in [-0.15, -0.1) is 0 Å². The van der Waals surface area contributed by atoms with Gasteiger partial charge in [0.25, 0.3) is 0 Å². The molecule has 0 aliphatic heterocycles. The van der Waals surface area contributed by atoms with Crippen LogP contribution in [0.25, 0.3) is 0 Å². The average molecular weight is 209 g/mol. The summed E-state index contributed by atoms with van der Waals surface area (Å²) in [4.78, 5) is 0. The second-order valence-electron chi connectivity index (χ2n) is 4.62. The molecule has 0 saturated heterocycles. The van der Waals surface area contributed by atoms with Crippen molar-refractivity contribution in [3.8, 4) is 11.5 Å². The topological polar surface area (TPSA) is 55.5 Å². The lowest BCUT2D eigenvalue weighted by atomic mass is 9.94. The van der Waals surface area contributed by atoms with Crippen LogP contribution in [-0.2, 0) is 6.42 Å². The Labute approximate surface area is 90.9 Å². The lowest BCUT2D eigenvalue weighted by molar-refractivity contribution is 0.404. The summed E-state index contributed by atoms with van der Waals surface area (Å²) >= 11 is 0. The van der Waals surface area contributed by atoms with Gasteiger partial charge in [0.05, 0.1) is 7.11 Å². The van der Waals surface area contributed by atoms with Gasteiger partial charge in [-0.1, -0.05) is 0 Å².